The maximum Gasteiger partial charge on any atom is 0.387 e. The molecule has 0 spiro atoms. The van der Waals surface area contributed by atoms with E-state index in [-0.39, 0.29) is 11.9 Å². The third-order valence-electron chi connectivity index (χ3n) is 3.30. The minimum absolute atomic E-state index is 0.0337. The highest BCUT2D eigenvalue weighted by atomic mass is 19.3. The molecule has 26 heavy (non-hydrogen) atoms. The lowest BCUT2D eigenvalue weighted by molar-refractivity contribution is -0.0499. The van der Waals surface area contributed by atoms with Crippen LogP contribution in [0.1, 0.15) is 32.4 Å². The number of hydrogen-bond donors (Lipinski definition) is 2. The molecule has 0 aliphatic heterocycles. The van der Waals surface area contributed by atoms with Crippen molar-refractivity contribution in [1.29, 1.82) is 0 Å². The molecule has 2 N–H and O–H groups in total. The molecule has 0 aliphatic carbocycles. The number of carbonyl (C=O) groups excluding carboxylic acids is 1. The number of rotatable bonds is 7. The van der Waals surface area contributed by atoms with Crippen LogP contribution in [0.4, 0.5) is 19.3 Å². The third-order valence-corrected chi connectivity index (χ3v) is 3.30. The Hall–Kier alpha value is -2.90. The Morgan fingerprint density at radius 2 is 1.88 bits per heavy atom. The molecule has 0 radical (unpaired) electrons. The summed E-state index contributed by atoms with van der Waals surface area (Å²) in [5.74, 6) is 0.351. The fourth-order valence-electron chi connectivity index (χ4n) is 2.20. The molecule has 0 saturated carbocycles. The van der Waals surface area contributed by atoms with E-state index in [2.05, 4.69) is 20.4 Å². The van der Waals surface area contributed by atoms with Crippen LogP contribution in [0.25, 0.3) is 0 Å². The molecule has 1 heterocycles. The predicted octanol–water partition coefficient (Wildman–Crippen LogP) is 4.35. The summed E-state index contributed by atoms with van der Waals surface area (Å²) in [4.78, 5) is 16.3. The van der Waals surface area contributed by atoms with E-state index in [4.69, 9.17) is 4.74 Å². The first-order valence-electron chi connectivity index (χ1n) is 8.09. The number of benzene rings is 1. The predicted molar refractivity (Wildman–Crippen MR) is 93.6 cm³/mol. The topological polar surface area (TPSA) is 72.5 Å². The second-order valence-electron chi connectivity index (χ2n) is 5.79. The second-order valence-corrected chi connectivity index (χ2v) is 5.79. The number of nitrogens with one attached hydrogen (secondary N) is 2. The van der Waals surface area contributed by atoms with Crippen LogP contribution in [0.15, 0.2) is 42.6 Å². The highest BCUT2D eigenvalue weighted by Crippen LogP contribution is 2.23. The van der Waals surface area contributed by atoms with E-state index in [9.17, 15) is 13.6 Å². The van der Waals surface area contributed by atoms with Crippen LogP contribution >= 0.6 is 0 Å². The van der Waals surface area contributed by atoms with Crippen LogP contribution < -0.4 is 20.1 Å². The first-order valence-corrected chi connectivity index (χ1v) is 8.09. The quantitative estimate of drug-likeness (QED) is 0.765. The number of hydrogen-bond acceptors (Lipinski definition) is 4. The van der Waals surface area contributed by atoms with Gasteiger partial charge in [-0.05, 0) is 50.6 Å². The number of amides is 2. The fraction of sp³-hybridized carbons (Fsp3) is 0.333. The molecule has 0 fully saturated rings. The highest BCUT2D eigenvalue weighted by Gasteiger charge is 2.14. The van der Waals surface area contributed by atoms with Crippen molar-refractivity contribution < 1.29 is 23.0 Å². The highest BCUT2D eigenvalue weighted by molar-refractivity contribution is 5.90. The summed E-state index contributed by atoms with van der Waals surface area (Å²) in [7, 11) is 0. The molecule has 0 bridgehead atoms. The zero-order chi connectivity index (χ0) is 19.1. The lowest BCUT2D eigenvalue weighted by Gasteiger charge is -2.17. The average Bonchev–Trinajstić information content (AvgIpc) is 2.55. The number of alkyl halides is 2. The Kier molecular flexibility index (Phi) is 6.71. The molecule has 1 atom stereocenters. The van der Waals surface area contributed by atoms with Crippen molar-refractivity contribution in [3.63, 3.8) is 0 Å². The van der Waals surface area contributed by atoms with Crippen LogP contribution in [0.2, 0.25) is 0 Å². The molecule has 1 aromatic carbocycles. The number of halogens is 2. The molecule has 8 heteroatoms. The van der Waals surface area contributed by atoms with Gasteiger partial charge in [0, 0.05) is 6.20 Å². The number of pyridine rings is 1. The minimum atomic E-state index is -2.90. The van der Waals surface area contributed by atoms with Crippen LogP contribution in [0.5, 0.6) is 11.6 Å². The Morgan fingerprint density at radius 1 is 1.12 bits per heavy atom. The standard InChI is InChI=1S/C18H21F2N3O3/c1-11(2)25-16-15(8-5-9-21-16)23-18(24)22-12(3)13-6-4-7-14(10-13)26-17(19)20/h4-12,17H,1-3H3,(H2,22,23,24). The molecule has 6 nitrogen and oxygen atoms in total. The maximum atomic E-state index is 12.3. The van der Waals surface area contributed by atoms with E-state index < -0.39 is 18.7 Å². The first kappa shape index (κ1) is 19.4. The Bertz CT molecular complexity index is 741. The zero-order valence-electron chi connectivity index (χ0n) is 14.7. The fourth-order valence-corrected chi connectivity index (χ4v) is 2.20. The van der Waals surface area contributed by atoms with E-state index in [0.717, 1.165) is 0 Å². The van der Waals surface area contributed by atoms with E-state index >= 15 is 0 Å². The molecule has 0 aliphatic rings. The van der Waals surface area contributed by atoms with Crippen LogP contribution in [-0.2, 0) is 0 Å². The molecule has 140 valence electrons. The van der Waals surface area contributed by atoms with E-state index in [1.807, 2.05) is 13.8 Å². The summed E-state index contributed by atoms with van der Waals surface area (Å²) in [6.07, 6.45) is 1.47. The van der Waals surface area contributed by atoms with Gasteiger partial charge in [-0.25, -0.2) is 9.78 Å². The SMILES string of the molecule is CC(C)Oc1ncccc1NC(=O)NC(C)c1cccc(OC(F)F)c1. The number of ether oxygens (including phenoxy) is 2. The van der Waals surface area contributed by atoms with Gasteiger partial charge in [-0.1, -0.05) is 12.1 Å². The van der Waals surface area contributed by atoms with Gasteiger partial charge >= 0.3 is 12.6 Å². The van der Waals surface area contributed by atoms with Crippen molar-refractivity contribution in [3.05, 3.63) is 48.2 Å². The van der Waals surface area contributed by atoms with Crippen LogP contribution in [0.3, 0.4) is 0 Å². The minimum Gasteiger partial charge on any atom is -0.473 e. The Morgan fingerprint density at radius 3 is 2.58 bits per heavy atom. The van der Waals surface area contributed by atoms with Gasteiger partial charge in [0.1, 0.15) is 11.4 Å². The largest absolute Gasteiger partial charge is 0.473 e. The molecular weight excluding hydrogens is 344 g/mol. The van der Waals surface area contributed by atoms with E-state index in [1.54, 1.807) is 37.4 Å². The number of urea groups is 1. The molecule has 1 unspecified atom stereocenters. The summed E-state index contributed by atoms with van der Waals surface area (Å²) in [6, 6.07) is 8.62. The van der Waals surface area contributed by atoms with Gasteiger partial charge in [0.25, 0.3) is 0 Å². The van der Waals surface area contributed by atoms with Crippen molar-refractivity contribution in [2.24, 2.45) is 0 Å². The van der Waals surface area contributed by atoms with Gasteiger partial charge in [0.05, 0.1) is 12.1 Å². The molecular formula is C18H21F2N3O3. The zero-order valence-corrected chi connectivity index (χ0v) is 14.7. The Balaban J connectivity index is 2.02. The van der Waals surface area contributed by atoms with E-state index in [0.29, 0.717) is 17.1 Å². The third kappa shape index (κ3) is 5.87. The van der Waals surface area contributed by atoms with Crippen molar-refractivity contribution in [1.82, 2.24) is 10.3 Å². The lowest BCUT2D eigenvalue weighted by Crippen LogP contribution is -2.31. The van der Waals surface area contributed by atoms with Gasteiger partial charge in [-0.2, -0.15) is 8.78 Å². The van der Waals surface area contributed by atoms with Crippen LogP contribution in [-0.4, -0.2) is 23.7 Å². The van der Waals surface area contributed by atoms with Crippen molar-refractivity contribution in [2.45, 2.75) is 39.5 Å². The summed E-state index contributed by atoms with van der Waals surface area (Å²) in [5.41, 5.74) is 1.06. The number of nitrogens with zero attached hydrogens (tertiary/aromatic N) is 1. The van der Waals surface area contributed by atoms with Gasteiger partial charge in [0.2, 0.25) is 5.88 Å². The maximum absolute atomic E-state index is 12.3. The monoisotopic (exact) mass is 365 g/mol. The van der Waals surface area contributed by atoms with Gasteiger partial charge in [-0.3, -0.25) is 0 Å². The second kappa shape index (κ2) is 8.98. The summed E-state index contributed by atoms with van der Waals surface area (Å²) in [5, 5.41) is 5.40. The summed E-state index contributed by atoms with van der Waals surface area (Å²) < 4.78 is 34.5. The smallest absolute Gasteiger partial charge is 0.387 e. The summed E-state index contributed by atoms with van der Waals surface area (Å²) >= 11 is 0. The normalized spacial score (nSPS) is 12.0. The van der Waals surface area contributed by atoms with E-state index in [1.165, 1.54) is 12.1 Å². The number of aromatic nitrogens is 1. The van der Waals surface area contributed by atoms with Gasteiger partial charge < -0.3 is 20.1 Å². The molecule has 1 aromatic heterocycles. The first-order chi connectivity index (χ1) is 12.3. The van der Waals surface area contributed by atoms with Crippen LogP contribution in [0, 0.1) is 0 Å². The van der Waals surface area contributed by atoms with Crippen molar-refractivity contribution >= 4 is 11.7 Å². The molecule has 0 saturated heterocycles. The Labute approximate surface area is 150 Å². The molecule has 2 aromatic rings. The van der Waals surface area contributed by atoms with Crippen molar-refractivity contribution in [2.75, 3.05) is 5.32 Å². The lowest BCUT2D eigenvalue weighted by atomic mass is 10.1. The number of anilines is 1. The summed E-state index contributed by atoms with van der Waals surface area (Å²) in [6.45, 7) is 2.54. The molecule has 2 amide bonds. The van der Waals surface area contributed by atoms with Gasteiger partial charge in [0.15, 0.2) is 0 Å². The molecule has 2 rings (SSSR count). The average molecular weight is 365 g/mol. The number of carbonyl (C=O) groups is 1. The van der Waals surface area contributed by atoms with Crippen molar-refractivity contribution in [3.8, 4) is 11.6 Å². The van der Waals surface area contributed by atoms with Gasteiger partial charge in [-0.15, -0.1) is 0 Å².